The van der Waals surface area contributed by atoms with Gasteiger partial charge in [0.15, 0.2) is 0 Å². The van der Waals surface area contributed by atoms with Gasteiger partial charge >= 0.3 is 0 Å². The number of halogens is 2. The summed E-state index contributed by atoms with van der Waals surface area (Å²) in [6.45, 7) is 3.39. The topological polar surface area (TPSA) is 83.7 Å². The molecule has 0 radical (unpaired) electrons. The summed E-state index contributed by atoms with van der Waals surface area (Å²) < 4.78 is 42.9. The van der Waals surface area contributed by atoms with Crippen molar-refractivity contribution in [1.29, 1.82) is 0 Å². The number of benzene rings is 2. The van der Waals surface area contributed by atoms with Gasteiger partial charge in [-0.3, -0.25) is 0 Å². The Labute approximate surface area is 201 Å². The summed E-state index contributed by atoms with van der Waals surface area (Å²) in [6, 6.07) is 13.6. The Kier molecular flexibility index (Phi) is 5.97. The third-order valence-corrected chi connectivity index (χ3v) is 8.18. The molecule has 1 aliphatic rings. The number of sulfonamides is 1. The number of hydrogen-bond acceptors (Lipinski definition) is 6. The molecule has 0 atom stereocenters. The van der Waals surface area contributed by atoms with Crippen LogP contribution in [-0.2, 0) is 16.4 Å². The number of aromatic nitrogens is 4. The van der Waals surface area contributed by atoms with Crippen molar-refractivity contribution in [3.8, 4) is 0 Å². The molecule has 1 aliphatic heterocycles. The molecule has 2 aromatic carbocycles. The smallest absolute Gasteiger partial charge is 0.254 e. The highest BCUT2D eigenvalue weighted by Gasteiger charge is 2.31. The molecule has 3 heterocycles. The molecule has 176 valence electrons. The molecule has 8 nitrogen and oxygen atoms in total. The Morgan fingerprint density at radius 2 is 1.79 bits per heavy atom. The third-order valence-electron chi connectivity index (χ3n) is 6.00. The second-order valence-corrected chi connectivity index (χ2v) is 10.4. The number of fused-ring (bicyclic) bond motifs is 1. The highest BCUT2D eigenvalue weighted by molar-refractivity contribution is 7.89. The van der Waals surface area contributed by atoms with Crippen LogP contribution in [0.25, 0.3) is 5.78 Å². The average Bonchev–Trinajstić information content (AvgIpc) is 3.30. The van der Waals surface area contributed by atoms with Crippen LogP contribution in [0.3, 0.4) is 0 Å². The quantitative estimate of drug-likeness (QED) is 0.418. The van der Waals surface area contributed by atoms with E-state index in [4.69, 9.17) is 11.6 Å². The number of nitrogens with zero attached hydrogens (tertiary/aromatic N) is 6. The zero-order chi connectivity index (χ0) is 23.9. The lowest BCUT2D eigenvalue weighted by atomic mass is 10.0. The molecule has 34 heavy (non-hydrogen) atoms. The van der Waals surface area contributed by atoms with E-state index in [9.17, 15) is 12.8 Å². The van der Waals surface area contributed by atoms with Crippen LogP contribution < -0.4 is 4.90 Å². The minimum atomic E-state index is -3.80. The van der Waals surface area contributed by atoms with E-state index in [1.54, 1.807) is 4.52 Å². The Hall–Kier alpha value is -3.08. The van der Waals surface area contributed by atoms with Crippen LogP contribution in [0.4, 0.5) is 10.2 Å². The highest BCUT2D eigenvalue weighted by Crippen LogP contribution is 2.29. The van der Waals surface area contributed by atoms with Gasteiger partial charge in [0.25, 0.3) is 5.78 Å². The van der Waals surface area contributed by atoms with Crippen LogP contribution in [0.2, 0.25) is 5.02 Å². The fourth-order valence-electron chi connectivity index (χ4n) is 4.23. The van der Waals surface area contributed by atoms with E-state index < -0.39 is 15.8 Å². The van der Waals surface area contributed by atoms with E-state index in [0.717, 1.165) is 34.8 Å². The summed E-state index contributed by atoms with van der Waals surface area (Å²) in [5.41, 5.74) is 3.02. The molecule has 0 spiro atoms. The molecule has 1 saturated heterocycles. The van der Waals surface area contributed by atoms with Crippen molar-refractivity contribution in [2.45, 2.75) is 18.2 Å². The lowest BCUT2D eigenvalue weighted by Crippen LogP contribution is -2.49. The predicted octanol–water partition coefficient (Wildman–Crippen LogP) is 3.33. The van der Waals surface area contributed by atoms with Gasteiger partial charge in [-0.2, -0.15) is 18.9 Å². The van der Waals surface area contributed by atoms with E-state index in [2.05, 4.69) is 32.1 Å². The van der Waals surface area contributed by atoms with E-state index in [1.165, 1.54) is 16.7 Å². The minimum Gasteiger partial charge on any atom is -0.354 e. The fraction of sp³-hybridized carbons (Fsp3) is 0.261. The summed E-state index contributed by atoms with van der Waals surface area (Å²) in [5.74, 6) is 0.715. The van der Waals surface area contributed by atoms with Crippen molar-refractivity contribution in [3.63, 3.8) is 0 Å². The van der Waals surface area contributed by atoms with Gasteiger partial charge in [-0.15, -0.1) is 0 Å². The maximum absolute atomic E-state index is 13.5. The molecule has 0 bridgehead atoms. The lowest BCUT2D eigenvalue weighted by Gasteiger charge is -2.36. The largest absolute Gasteiger partial charge is 0.354 e. The van der Waals surface area contributed by atoms with Crippen LogP contribution >= 0.6 is 11.6 Å². The molecule has 0 N–H and O–H groups in total. The van der Waals surface area contributed by atoms with Gasteiger partial charge in [0, 0.05) is 43.9 Å². The SMILES string of the molecule is Cc1nc2ncnn2c(N2CCN(S(=O)(=O)c3ccc(F)c(Cl)c3)CC2)c1Cc1ccccc1. The zero-order valence-electron chi connectivity index (χ0n) is 18.4. The van der Waals surface area contributed by atoms with Gasteiger partial charge in [0.1, 0.15) is 18.0 Å². The Bertz CT molecular complexity index is 1450. The molecule has 0 aliphatic carbocycles. The molecule has 0 unspecified atom stereocenters. The normalized spacial score (nSPS) is 15.2. The van der Waals surface area contributed by atoms with Crippen LogP contribution in [0, 0.1) is 12.7 Å². The third kappa shape index (κ3) is 4.13. The number of aryl methyl sites for hydroxylation is 1. The summed E-state index contributed by atoms with van der Waals surface area (Å²) in [5, 5.41) is 4.17. The van der Waals surface area contributed by atoms with Gasteiger partial charge in [-0.05, 0) is 30.7 Å². The maximum atomic E-state index is 13.5. The molecule has 11 heteroatoms. The van der Waals surface area contributed by atoms with Gasteiger partial charge in [0.2, 0.25) is 10.0 Å². The van der Waals surface area contributed by atoms with Crippen molar-refractivity contribution >= 4 is 33.2 Å². The predicted molar refractivity (Wildman–Crippen MR) is 127 cm³/mol. The van der Waals surface area contributed by atoms with Gasteiger partial charge in [0.05, 0.1) is 9.92 Å². The first kappa shape index (κ1) is 22.7. The lowest BCUT2D eigenvalue weighted by molar-refractivity contribution is 0.382. The number of rotatable bonds is 5. The zero-order valence-corrected chi connectivity index (χ0v) is 20.0. The molecule has 0 amide bonds. The van der Waals surface area contributed by atoms with Crippen LogP contribution in [-0.4, -0.2) is 58.5 Å². The van der Waals surface area contributed by atoms with Crippen LogP contribution in [0.1, 0.15) is 16.8 Å². The van der Waals surface area contributed by atoms with Crippen molar-refractivity contribution in [1.82, 2.24) is 23.9 Å². The molecular formula is C23H22ClFN6O2S. The average molecular weight is 501 g/mol. The second-order valence-electron chi connectivity index (χ2n) is 8.10. The van der Waals surface area contributed by atoms with E-state index in [1.807, 2.05) is 25.1 Å². The highest BCUT2D eigenvalue weighted by atomic mass is 35.5. The monoisotopic (exact) mass is 500 g/mol. The molecule has 2 aromatic heterocycles. The summed E-state index contributed by atoms with van der Waals surface area (Å²) in [6.07, 6.45) is 2.13. The maximum Gasteiger partial charge on any atom is 0.254 e. The van der Waals surface area contributed by atoms with E-state index >= 15 is 0 Å². The Morgan fingerprint density at radius 3 is 2.50 bits per heavy atom. The van der Waals surface area contributed by atoms with Crippen molar-refractivity contribution in [2.24, 2.45) is 0 Å². The Morgan fingerprint density at radius 1 is 1.06 bits per heavy atom. The molecule has 1 fully saturated rings. The number of anilines is 1. The number of hydrogen-bond donors (Lipinski definition) is 0. The fourth-order valence-corrected chi connectivity index (χ4v) is 5.92. The molecule has 5 rings (SSSR count). The van der Waals surface area contributed by atoms with Gasteiger partial charge in [-0.1, -0.05) is 41.9 Å². The molecule has 0 saturated carbocycles. The Balaban J connectivity index is 1.45. The van der Waals surface area contributed by atoms with Crippen molar-refractivity contribution in [2.75, 3.05) is 31.1 Å². The first-order valence-corrected chi connectivity index (χ1v) is 12.6. The minimum absolute atomic E-state index is 0.0180. The first-order chi connectivity index (χ1) is 16.3. The number of piperazine rings is 1. The summed E-state index contributed by atoms with van der Waals surface area (Å²) in [7, 11) is -3.80. The summed E-state index contributed by atoms with van der Waals surface area (Å²) in [4.78, 5) is 11.0. The van der Waals surface area contributed by atoms with Crippen molar-refractivity contribution < 1.29 is 12.8 Å². The van der Waals surface area contributed by atoms with Crippen LogP contribution in [0.5, 0.6) is 0 Å². The van der Waals surface area contributed by atoms with Gasteiger partial charge in [-0.25, -0.2) is 17.8 Å². The summed E-state index contributed by atoms with van der Waals surface area (Å²) >= 11 is 5.82. The van der Waals surface area contributed by atoms with Crippen molar-refractivity contribution in [3.05, 3.63) is 82.5 Å². The van der Waals surface area contributed by atoms with E-state index in [-0.39, 0.29) is 23.0 Å². The standard InChI is InChI=1S/C23H22ClFN6O2S/c1-16-19(13-17-5-3-2-4-6-17)22(31-23(28-16)26-15-27-31)29-9-11-30(12-10-29)34(32,33)18-7-8-21(25)20(24)14-18/h2-8,14-15H,9-13H2,1H3. The van der Waals surface area contributed by atoms with E-state index in [0.29, 0.717) is 25.3 Å². The second kappa shape index (κ2) is 8.94. The molecule has 4 aromatic rings. The van der Waals surface area contributed by atoms with Gasteiger partial charge < -0.3 is 4.90 Å². The van der Waals surface area contributed by atoms with Crippen LogP contribution in [0.15, 0.2) is 59.8 Å². The molecular weight excluding hydrogens is 479 g/mol. The first-order valence-electron chi connectivity index (χ1n) is 10.8.